The van der Waals surface area contributed by atoms with Gasteiger partial charge >= 0.3 is 0 Å². The highest BCUT2D eigenvalue weighted by molar-refractivity contribution is 6.41. The number of aromatic amines is 1. The molecule has 0 atom stereocenters. The van der Waals surface area contributed by atoms with E-state index in [1.807, 2.05) is 31.5 Å². The largest absolute Gasteiger partial charge is 0.495 e. The summed E-state index contributed by atoms with van der Waals surface area (Å²) >= 11 is 13.0. The number of benzene rings is 1. The molecule has 0 bridgehead atoms. The van der Waals surface area contributed by atoms with Crippen LogP contribution in [0.5, 0.6) is 11.5 Å². The Morgan fingerprint density at radius 3 is 2.38 bits per heavy atom. The maximum absolute atomic E-state index is 6.50. The monoisotopic (exact) mass is 429 g/mol. The molecule has 4 aromatic rings. The summed E-state index contributed by atoms with van der Waals surface area (Å²) in [6.45, 7) is 0. The minimum Gasteiger partial charge on any atom is -0.495 e. The van der Waals surface area contributed by atoms with Crippen molar-refractivity contribution in [1.82, 2.24) is 25.0 Å². The molecule has 1 aromatic carbocycles. The summed E-state index contributed by atoms with van der Waals surface area (Å²) < 4.78 is 12.4. The molecule has 0 saturated heterocycles. The van der Waals surface area contributed by atoms with E-state index < -0.39 is 0 Å². The number of H-pyrrole nitrogens is 1. The lowest BCUT2D eigenvalue weighted by Gasteiger charge is -2.14. The van der Waals surface area contributed by atoms with Gasteiger partial charge in [0, 0.05) is 42.0 Å². The Labute approximate surface area is 176 Å². The first-order valence-corrected chi connectivity index (χ1v) is 9.38. The van der Waals surface area contributed by atoms with Gasteiger partial charge in [-0.15, -0.1) is 0 Å². The number of aryl methyl sites for hydroxylation is 1. The Morgan fingerprint density at radius 1 is 1.03 bits per heavy atom. The van der Waals surface area contributed by atoms with E-state index in [2.05, 4.69) is 20.3 Å². The van der Waals surface area contributed by atoms with Crippen LogP contribution in [0.15, 0.2) is 30.7 Å². The van der Waals surface area contributed by atoms with Gasteiger partial charge in [0.25, 0.3) is 0 Å². The maximum Gasteiger partial charge on any atom is 0.141 e. The molecular formula is C20H17Cl2N5O2. The van der Waals surface area contributed by atoms with Crippen molar-refractivity contribution in [3.05, 3.63) is 52.0 Å². The predicted octanol–water partition coefficient (Wildman–Crippen LogP) is 4.85. The van der Waals surface area contributed by atoms with E-state index in [9.17, 15) is 0 Å². The molecule has 0 aliphatic rings. The first-order chi connectivity index (χ1) is 14.0. The highest BCUT2D eigenvalue weighted by Gasteiger charge is 2.20. The molecule has 0 fully saturated rings. The van der Waals surface area contributed by atoms with Crippen LogP contribution < -0.4 is 9.47 Å². The third kappa shape index (κ3) is 3.54. The SMILES string of the molecule is COc1cc(OC)c(Cl)c(-c2cc3[nH]nc(/C=C/c4cnn(C)c4)c3cn2)c1Cl. The van der Waals surface area contributed by atoms with Crippen molar-refractivity contribution in [2.45, 2.75) is 0 Å². The number of hydrogen-bond acceptors (Lipinski definition) is 5. The van der Waals surface area contributed by atoms with Crippen LogP contribution in [-0.2, 0) is 7.05 Å². The normalized spacial score (nSPS) is 11.5. The number of halogens is 2. The van der Waals surface area contributed by atoms with Gasteiger partial charge in [0.05, 0.1) is 47.4 Å². The molecule has 148 valence electrons. The van der Waals surface area contributed by atoms with E-state index in [1.54, 1.807) is 23.1 Å². The minimum atomic E-state index is 0.362. The molecule has 4 rings (SSSR count). The molecule has 0 radical (unpaired) electrons. The van der Waals surface area contributed by atoms with Crippen molar-refractivity contribution in [1.29, 1.82) is 0 Å². The second kappa shape index (κ2) is 7.77. The van der Waals surface area contributed by atoms with Crippen LogP contribution in [0.4, 0.5) is 0 Å². The van der Waals surface area contributed by atoms with E-state index >= 15 is 0 Å². The van der Waals surface area contributed by atoms with E-state index in [0.717, 1.165) is 22.2 Å². The maximum atomic E-state index is 6.50. The van der Waals surface area contributed by atoms with Gasteiger partial charge in [0.2, 0.25) is 0 Å². The highest BCUT2D eigenvalue weighted by atomic mass is 35.5. The van der Waals surface area contributed by atoms with Gasteiger partial charge in [-0.2, -0.15) is 10.2 Å². The minimum absolute atomic E-state index is 0.362. The summed E-state index contributed by atoms with van der Waals surface area (Å²) in [5.74, 6) is 0.907. The van der Waals surface area contributed by atoms with Gasteiger partial charge in [0.1, 0.15) is 11.5 Å². The van der Waals surface area contributed by atoms with Crippen LogP contribution >= 0.6 is 23.2 Å². The molecule has 0 aliphatic carbocycles. The zero-order valence-corrected chi connectivity index (χ0v) is 17.4. The lowest BCUT2D eigenvalue weighted by atomic mass is 10.1. The molecule has 29 heavy (non-hydrogen) atoms. The van der Waals surface area contributed by atoms with Gasteiger partial charge in [-0.05, 0) is 18.2 Å². The number of methoxy groups -OCH3 is 2. The first kappa shape index (κ1) is 19.3. The number of ether oxygens (including phenoxy) is 2. The second-order valence-electron chi connectivity index (χ2n) is 6.29. The molecule has 0 amide bonds. The average Bonchev–Trinajstić information content (AvgIpc) is 3.32. The van der Waals surface area contributed by atoms with Crippen molar-refractivity contribution < 1.29 is 9.47 Å². The Bertz CT molecular complexity index is 1200. The van der Waals surface area contributed by atoms with Gasteiger partial charge < -0.3 is 9.47 Å². The topological polar surface area (TPSA) is 77.9 Å². The summed E-state index contributed by atoms with van der Waals surface area (Å²) in [4.78, 5) is 4.55. The Morgan fingerprint density at radius 2 is 1.76 bits per heavy atom. The molecule has 9 heteroatoms. The molecule has 1 N–H and O–H groups in total. The van der Waals surface area contributed by atoms with Crippen LogP contribution in [-0.4, -0.2) is 39.2 Å². The Kier molecular flexibility index (Phi) is 5.17. The van der Waals surface area contributed by atoms with Crippen molar-refractivity contribution in [3.63, 3.8) is 0 Å². The van der Waals surface area contributed by atoms with Gasteiger partial charge in [-0.25, -0.2) is 0 Å². The molecule has 0 saturated carbocycles. The fraction of sp³-hybridized carbons (Fsp3) is 0.150. The van der Waals surface area contributed by atoms with Crippen LogP contribution in [0.3, 0.4) is 0 Å². The van der Waals surface area contributed by atoms with Crippen molar-refractivity contribution in [2.24, 2.45) is 7.05 Å². The fourth-order valence-electron chi connectivity index (χ4n) is 3.01. The lowest BCUT2D eigenvalue weighted by Crippen LogP contribution is -1.94. The number of nitrogens with one attached hydrogen (secondary N) is 1. The van der Waals surface area contributed by atoms with E-state index in [0.29, 0.717) is 32.8 Å². The summed E-state index contributed by atoms with van der Waals surface area (Å²) in [5.41, 5.74) is 3.66. The third-order valence-electron chi connectivity index (χ3n) is 4.47. The number of rotatable bonds is 5. The van der Waals surface area contributed by atoms with Gasteiger partial charge in [0.15, 0.2) is 0 Å². The van der Waals surface area contributed by atoms with Crippen molar-refractivity contribution >= 4 is 46.3 Å². The predicted molar refractivity (Wildman–Crippen MR) is 115 cm³/mol. The third-order valence-corrected chi connectivity index (χ3v) is 5.22. The molecular weight excluding hydrogens is 413 g/mol. The van der Waals surface area contributed by atoms with Crippen LogP contribution in [0, 0.1) is 0 Å². The summed E-state index contributed by atoms with van der Waals surface area (Å²) in [7, 11) is 4.94. The standard InChI is InChI=1S/C20H17Cl2N5O2/c1-27-10-11(8-24-27)4-5-13-12-9-23-15(6-14(12)26-25-13)18-19(21)16(28-2)7-17(29-3)20(18)22/h4-10H,1-3H3,(H,25,26)/b5-4+. The van der Waals surface area contributed by atoms with Crippen LogP contribution in [0.1, 0.15) is 11.3 Å². The number of pyridine rings is 1. The lowest BCUT2D eigenvalue weighted by molar-refractivity contribution is 0.395. The Balaban J connectivity index is 1.77. The van der Waals surface area contributed by atoms with Crippen molar-refractivity contribution in [3.8, 4) is 22.8 Å². The Hall–Kier alpha value is -3.03. The zero-order valence-electron chi connectivity index (χ0n) is 15.9. The summed E-state index contributed by atoms with van der Waals surface area (Å²) in [5, 5.41) is 13.1. The van der Waals surface area contributed by atoms with Crippen LogP contribution in [0.25, 0.3) is 34.3 Å². The van der Waals surface area contributed by atoms with Crippen LogP contribution in [0.2, 0.25) is 10.0 Å². The molecule has 7 nitrogen and oxygen atoms in total. The highest BCUT2D eigenvalue weighted by Crippen LogP contribution is 2.45. The van der Waals surface area contributed by atoms with Gasteiger partial charge in [-0.3, -0.25) is 14.8 Å². The molecule has 0 spiro atoms. The molecule has 0 aliphatic heterocycles. The number of aromatic nitrogens is 5. The van der Waals surface area contributed by atoms with E-state index in [4.69, 9.17) is 32.7 Å². The second-order valence-corrected chi connectivity index (χ2v) is 7.04. The quantitative estimate of drug-likeness (QED) is 0.490. The molecule has 3 aromatic heterocycles. The van der Waals surface area contributed by atoms with E-state index in [-0.39, 0.29) is 0 Å². The van der Waals surface area contributed by atoms with Gasteiger partial charge in [-0.1, -0.05) is 23.2 Å². The average molecular weight is 430 g/mol. The first-order valence-electron chi connectivity index (χ1n) is 8.63. The smallest absolute Gasteiger partial charge is 0.141 e. The fourth-order valence-corrected chi connectivity index (χ4v) is 3.70. The number of fused-ring (bicyclic) bond motifs is 1. The van der Waals surface area contributed by atoms with E-state index in [1.165, 1.54) is 14.2 Å². The van der Waals surface area contributed by atoms with Crippen molar-refractivity contribution in [2.75, 3.05) is 14.2 Å². The zero-order chi connectivity index (χ0) is 20.5. The summed E-state index contributed by atoms with van der Waals surface area (Å²) in [6.07, 6.45) is 9.28. The number of nitrogens with zero attached hydrogens (tertiary/aromatic N) is 4. The molecule has 3 heterocycles. The molecule has 0 unspecified atom stereocenters. The summed E-state index contributed by atoms with van der Waals surface area (Å²) in [6, 6.07) is 3.49. The number of hydrogen-bond donors (Lipinski definition) is 1.